The Bertz CT molecular complexity index is 727. The maximum absolute atomic E-state index is 11.8. The zero-order valence-electron chi connectivity index (χ0n) is 11.4. The molecule has 0 saturated carbocycles. The van der Waals surface area contributed by atoms with Crippen molar-refractivity contribution in [2.75, 3.05) is 7.11 Å². The van der Waals surface area contributed by atoms with Crippen LogP contribution in [0.2, 0.25) is 0 Å². The van der Waals surface area contributed by atoms with Gasteiger partial charge in [-0.15, -0.1) is 0 Å². The number of benzene rings is 2. The summed E-state index contributed by atoms with van der Waals surface area (Å²) >= 11 is 3.46. The summed E-state index contributed by atoms with van der Waals surface area (Å²) in [5.41, 5.74) is 6.10. The van der Waals surface area contributed by atoms with Gasteiger partial charge in [-0.3, -0.25) is 4.79 Å². The molecule has 1 aliphatic rings. The maximum atomic E-state index is 11.8. The number of methoxy groups -OCH3 is 1. The Labute approximate surface area is 131 Å². The fraction of sp³-hybridized carbons (Fsp3) is 0.125. The summed E-state index contributed by atoms with van der Waals surface area (Å²) < 4.78 is 6.18. The Hall–Kier alpha value is -2.14. The zero-order valence-corrected chi connectivity index (χ0v) is 13.0. The number of rotatable bonds is 2. The monoisotopic (exact) mass is 344 g/mol. The molecule has 106 valence electrons. The largest absolute Gasteiger partial charge is 0.496 e. The molecular weight excluding hydrogens is 332 g/mol. The molecule has 0 spiro atoms. The van der Waals surface area contributed by atoms with Crippen molar-refractivity contribution < 1.29 is 9.53 Å². The van der Waals surface area contributed by atoms with Crippen LogP contribution in [0.3, 0.4) is 0 Å². The van der Waals surface area contributed by atoms with E-state index in [1.165, 1.54) is 0 Å². The van der Waals surface area contributed by atoms with Crippen molar-refractivity contribution in [3.63, 3.8) is 0 Å². The fourth-order valence-electron chi connectivity index (χ4n) is 2.32. The summed E-state index contributed by atoms with van der Waals surface area (Å²) in [5, 5.41) is 4.27. The molecule has 1 amide bonds. The van der Waals surface area contributed by atoms with Crippen LogP contribution in [0.25, 0.3) is 0 Å². The molecule has 3 rings (SSSR count). The molecule has 1 heterocycles. The molecule has 0 fully saturated rings. The van der Waals surface area contributed by atoms with E-state index in [1.54, 1.807) is 7.11 Å². The highest BCUT2D eigenvalue weighted by molar-refractivity contribution is 9.10. The molecule has 4 nitrogen and oxygen atoms in total. The maximum Gasteiger partial charge on any atom is 0.244 e. The minimum atomic E-state index is -0.126. The molecule has 0 radical (unpaired) electrons. The lowest BCUT2D eigenvalue weighted by Gasteiger charge is -2.12. The average molecular weight is 345 g/mol. The molecule has 0 aromatic heterocycles. The first-order valence-corrected chi connectivity index (χ1v) is 7.27. The predicted octanol–water partition coefficient (Wildman–Crippen LogP) is 2.88. The molecule has 5 heteroatoms. The molecule has 2 aromatic carbocycles. The van der Waals surface area contributed by atoms with E-state index in [0.29, 0.717) is 5.75 Å². The third-order valence-corrected chi connectivity index (χ3v) is 3.94. The van der Waals surface area contributed by atoms with Crippen molar-refractivity contribution in [1.29, 1.82) is 0 Å². The number of carbonyl (C=O) groups excluding carboxylic acids is 1. The summed E-state index contributed by atoms with van der Waals surface area (Å²) in [5.74, 6) is 0.589. The van der Waals surface area contributed by atoms with Crippen molar-refractivity contribution >= 4 is 27.5 Å². The van der Waals surface area contributed by atoms with Gasteiger partial charge in [0.05, 0.1) is 23.7 Å². The third-order valence-electron chi connectivity index (χ3n) is 3.32. The first-order chi connectivity index (χ1) is 10.2. The highest BCUT2D eigenvalue weighted by Gasteiger charge is 2.20. The van der Waals surface area contributed by atoms with Gasteiger partial charge < -0.3 is 4.74 Å². The number of carbonyl (C=O) groups is 1. The third kappa shape index (κ3) is 2.69. The summed E-state index contributed by atoms with van der Waals surface area (Å²) in [6.07, 6.45) is 0.289. The van der Waals surface area contributed by atoms with Crippen LogP contribution in [0.4, 0.5) is 0 Å². The van der Waals surface area contributed by atoms with E-state index in [1.807, 2.05) is 42.5 Å². The second-order valence-corrected chi connectivity index (χ2v) is 5.54. The number of halogens is 1. The highest BCUT2D eigenvalue weighted by Crippen LogP contribution is 2.31. The van der Waals surface area contributed by atoms with E-state index in [2.05, 4.69) is 26.5 Å². The van der Waals surface area contributed by atoms with Crippen molar-refractivity contribution in [2.24, 2.45) is 5.10 Å². The summed E-state index contributed by atoms with van der Waals surface area (Å²) in [6.45, 7) is 0. The topological polar surface area (TPSA) is 50.7 Å². The Balaban J connectivity index is 2.21. The second-order valence-electron chi connectivity index (χ2n) is 4.68. The zero-order chi connectivity index (χ0) is 14.8. The van der Waals surface area contributed by atoms with Crippen molar-refractivity contribution in [1.82, 2.24) is 5.43 Å². The predicted molar refractivity (Wildman–Crippen MR) is 84.6 cm³/mol. The molecule has 2 aromatic rings. The average Bonchev–Trinajstić information content (AvgIpc) is 2.65. The molecule has 0 atom stereocenters. The minimum absolute atomic E-state index is 0.126. The lowest BCUT2D eigenvalue weighted by Crippen LogP contribution is -2.18. The summed E-state index contributed by atoms with van der Waals surface area (Å²) in [7, 11) is 1.62. The Morgan fingerprint density at radius 1 is 1.24 bits per heavy atom. The highest BCUT2D eigenvalue weighted by atomic mass is 79.9. The van der Waals surface area contributed by atoms with Crippen LogP contribution in [-0.4, -0.2) is 18.7 Å². The van der Waals surface area contributed by atoms with Crippen LogP contribution in [0.5, 0.6) is 5.75 Å². The van der Waals surface area contributed by atoms with Crippen LogP contribution >= 0.6 is 15.9 Å². The van der Waals surface area contributed by atoms with Crippen molar-refractivity contribution in [3.05, 3.63) is 63.6 Å². The second kappa shape index (κ2) is 5.69. The van der Waals surface area contributed by atoms with Crippen LogP contribution in [-0.2, 0) is 11.2 Å². The Morgan fingerprint density at radius 3 is 2.71 bits per heavy atom. The molecule has 1 aliphatic heterocycles. The van der Waals surface area contributed by atoms with Gasteiger partial charge in [-0.2, -0.15) is 5.10 Å². The van der Waals surface area contributed by atoms with E-state index in [4.69, 9.17) is 4.74 Å². The quantitative estimate of drug-likeness (QED) is 0.910. The first-order valence-electron chi connectivity index (χ1n) is 6.48. The SMILES string of the molecule is COc1cc2c(cc1Br)CC(=O)NN=C2c1ccccc1. The lowest BCUT2D eigenvalue weighted by molar-refractivity contribution is -0.120. The van der Waals surface area contributed by atoms with Gasteiger partial charge >= 0.3 is 0 Å². The Kier molecular flexibility index (Phi) is 3.75. The van der Waals surface area contributed by atoms with Crippen LogP contribution < -0.4 is 10.2 Å². The van der Waals surface area contributed by atoms with Crippen molar-refractivity contribution in [2.45, 2.75) is 6.42 Å². The number of amides is 1. The smallest absolute Gasteiger partial charge is 0.244 e. The van der Waals surface area contributed by atoms with Gasteiger partial charge in [-0.25, -0.2) is 5.43 Å². The van der Waals surface area contributed by atoms with Gasteiger partial charge in [-0.05, 0) is 33.6 Å². The van der Waals surface area contributed by atoms with Gasteiger partial charge in [0.25, 0.3) is 0 Å². The number of fused-ring (bicyclic) bond motifs is 1. The number of hydrazone groups is 1. The van der Waals surface area contributed by atoms with Crippen LogP contribution in [0.1, 0.15) is 16.7 Å². The normalized spacial score (nSPS) is 13.8. The molecule has 0 aliphatic carbocycles. The Morgan fingerprint density at radius 2 is 2.00 bits per heavy atom. The molecule has 0 bridgehead atoms. The van der Waals surface area contributed by atoms with E-state index in [-0.39, 0.29) is 12.3 Å². The molecule has 21 heavy (non-hydrogen) atoms. The standard InChI is InChI=1S/C16H13BrN2O2/c1-21-14-9-12-11(7-13(14)17)8-15(20)18-19-16(12)10-5-3-2-4-6-10/h2-7,9H,8H2,1H3,(H,18,20). The minimum Gasteiger partial charge on any atom is -0.496 e. The number of hydrogen-bond acceptors (Lipinski definition) is 3. The number of nitrogens with one attached hydrogen (secondary N) is 1. The molecule has 1 N–H and O–H groups in total. The van der Waals surface area contributed by atoms with Crippen LogP contribution in [0, 0.1) is 0 Å². The van der Waals surface area contributed by atoms with Gasteiger partial charge in [0.1, 0.15) is 5.75 Å². The summed E-state index contributed by atoms with van der Waals surface area (Å²) in [4.78, 5) is 11.8. The number of ether oxygens (including phenoxy) is 1. The first kappa shape index (κ1) is 13.8. The number of hydrogen-bond donors (Lipinski definition) is 1. The van der Waals surface area contributed by atoms with Crippen molar-refractivity contribution in [3.8, 4) is 5.75 Å². The van der Waals surface area contributed by atoms with Gasteiger partial charge in [0.2, 0.25) is 5.91 Å². The van der Waals surface area contributed by atoms with Gasteiger partial charge in [0.15, 0.2) is 0 Å². The fourth-order valence-corrected chi connectivity index (χ4v) is 2.88. The molecule has 0 unspecified atom stereocenters. The van der Waals surface area contributed by atoms with E-state index in [0.717, 1.165) is 26.9 Å². The summed E-state index contributed by atoms with van der Waals surface area (Å²) in [6, 6.07) is 13.6. The van der Waals surface area contributed by atoms with Crippen LogP contribution in [0.15, 0.2) is 52.0 Å². The lowest BCUT2D eigenvalue weighted by atomic mass is 9.96. The van der Waals surface area contributed by atoms with Gasteiger partial charge in [-0.1, -0.05) is 30.3 Å². The van der Waals surface area contributed by atoms with E-state index in [9.17, 15) is 4.79 Å². The van der Waals surface area contributed by atoms with E-state index < -0.39 is 0 Å². The van der Waals surface area contributed by atoms with Gasteiger partial charge in [0, 0.05) is 11.1 Å². The molecular formula is C16H13BrN2O2. The molecule has 0 saturated heterocycles. The number of nitrogens with zero attached hydrogens (tertiary/aromatic N) is 1. The van der Waals surface area contributed by atoms with E-state index >= 15 is 0 Å².